The molecule has 2 aromatic carbocycles. The van der Waals surface area contributed by atoms with Crippen LogP contribution in [0.25, 0.3) is 0 Å². The van der Waals surface area contributed by atoms with Crippen molar-refractivity contribution in [1.82, 2.24) is 0 Å². The fourth-order valence-corrected chi connectivity index (χ4v) is 1.68. The van der Waals surface area contributed by atoms with Crippen molar-refractivity contribution in [2.45, 2.75) is 11.3 Å². The van der Waals surface area contributed by atoms with E-state index >= 15 is 0 Å². The molecule has 2 rings (SSSR count). The molecular weight excluding hydrogens is 216 g/mol. The van der Waals surface area contributed by atoms with E-state index in [-0.39, 0.29) is 5.78 Å². The summed E-state index contributed by atoms with van der Waals surface area (Å²) in [6, 6.07) is 17.1. The maximum absolute atomic E-state index is 11.9. The van der Waals surface area contributed by atoms with E-state index in [1.165, 1.54) is 0 Å². The largest absolute Gasteiger partial charge is 0.294 e. The molecule has 0 amide bonds. The highest BCUT2D eigenvalue weighted by Crippen LogP contribution is 2.11. The molecule has 0 aliphatic rings. The summed E-state index contributed by atoms with van der Waals surface area (Å²) in [6.45, 7) is 0. The van der Waals surface area contributed by atoms with E-state index in [9.17, 15) is 4.79 Å². The Morgan fingerprint density at radius 3 is 2.19 bits per heavy atom. The number of Topliss-reactive ketones (excluding diaryl/α,β-unsaturated/α-hetero) is 1. The van der Waals surface area contributed by atoms with Crippen molar-refractivity contribution in [3.8, 4) is 0 Å². The van der Waals surface area contributed by atoms with Crippen LogP contribution < -0.4 is 0 Å². The summed E-state index contributed by atoms with van der Waals surface area (Å²) in [7, 11) is 0. The van der Waals surface area contributed by atoms with Crippen molar-refractivity contribution >= 4 is 18.4 Å². The molecular formula is C14H12OS. The van der Waals surface area contributed by atoms with Crippen LogP contribution in [0.1, 0.15) is 15.9 Å². The zero-order valence-electron chi connectivity index (χ0n) is 8.76. The number of carbonyl (C=O) groups excluding carboxylic acids is 1. The minimum Gasteiger partial charge on any atom is -0.294 e. The standard InChI is InChI=1S/C14H12OS/c15-14(10-11-4-2-1-3-5-11)12-6-8-13(16)9-7-12/h1-9,16H,10H2. The van der Waals surface area contributed by atoms with Crippen molar-refractivity contribution < 1.29 is 4.79 Å². The molecule has 0 aliphatic heterocycles. The van der Waals surface area contributed by atoms with Crippen LogP contribution in [-0.2, 0) is 6.42 Å². The predicted molar refractivity (Wildman–Crippen MR) is 68.2 cm³/mol. The number of thiol groups is 1. The molecule has 0 atom stereocenters. The van der Waals surface area contributed by atoms with Gasteiger partial charge in [-0.15, -0.1) is 12.6 Å². The second kappa shape index (κ2) is 4.99. The van der Waals surface area contributed by atoms with Gasteiger partial charge >= 0.3 is 0 Å². The lowest BCUT2D eigenvalue weighted by Crippen LogP contribution is -2.02. The summed E-state index contributed by atoms with van der Waals surface area (Å²) in [5, 5.41) is 0. The van der Waals surface area contributed by atoms with Crippen LogP contribution in [0.4, 0.5) is 0 Å². The molecule has 80 valence electrons. The average molecular weight is 228 g/mol. The summed E-state index contributed by atoms with van der Waals surface area (Å²) in [6.07, 6.45) is 0.451. The third-order valence-corrected chi connectivity index (χ3v) is 2.69. The summed E-state index contributed by atoms with van der Waals surface area (Å²) in [4.78, 5) is 12.8. The van der Waals surface area contributed by atoms with Gasteiger partial charge in [-0.05, 0) is 17.7 Å². The molecule has 0 unspecified atom stereocenters. The quantitative estimate of drug-likeness (QED) is 0.629. The molecule has 2 aromatic rings. The molecule has 0 aliphatic carbocycles. The van der Waals surface area contributed by atoms with Gasteiger partial charge < -0.3 is 0 Å². The summed E-state index contributed by atoms with van der Waals surface area (Å²) < 4.78 is 0. The Hall–Kier alpha value is -1.54. The highest BCUT2D eigenvalue weighted by molar-refractivity contribution is 7.80. The van der Waals surface area contributed by atoms with Gasteiger partial charge in [-0.1, -0.05) is 42.5 Å². The molecule has 0 bridgehead atoms. The minimum absolute atomic E-state index is 0.138. The molecule has 0 spiro atoms. The number of benzene rings is 2. The third kappa shape index (κ3) is 2.74. The number of carbonyl (C=O) groups is 1. The Morgan fingerprint density at radius 1 is 0.938 bits per heavy atom. The van der Waals surface area contributed by atoms with Crippen molar-refractivity contribution in [2.75, 3.05) is 0 Å². The SMILES string of the molecule is O=C(Cc1ccccc1)c1ccc(S)cc1. The first kappa shape index (κ1) is 11.0. The number of hydrogen-bond donors (Lipinski definition) is 1. The first-order valence-corrected chi connectivity index (χ1v) is 5.56. The van der Waals surface area contributed by atoms with Gasteiger partial charge in [0.05, 0.1) is 0 Å². The van der Waals surface area contributed by atoms with Crippen LogP contribution in [0.2, 0.25) is 0 Å². The molecule has 0 N–H and O–H groups in total. The fourth-order valence-electron chi connectivity index (χ4n) is 1.53. The van der Waals surface area contributed by atoms with E-state index in [0.717, 1.165) is 16.0 Å². The number of rotatable bonds is 3. The van der Waals surface area contributed by atoms with Crippen LogP contribution in [0, 0.1) is 0 Å². The molecule has 2 heteroatoms. The van der Waals surface area contributed by atoms with Gasteiger partial charge in [-0.2, -0.15) is 0 Å². The van der Waals surface area contributed by atoms with Crippen LogP contribution >= 0.6 is 12.6 Å². The first-order chi connectivity index (χ1) is 7.75. The Bertz CT molecular complexity index is 474. The lowest BCUT2D eigenvalue weighted by Gasteiger charge is -2.01. The second-order valence-corrected chi connectivity index (χ2v) is 4.15. The van der Waals surface area contributed by atoms with Crippen molar-refractivity contribution in [2.24, 2.45) is 0 Å². The lowest BCUT2D eigenvalue weighted by molar-refractivity contribution is 0.0993. The minimum atomic E-state index is 0.138. The Morgan fingerprint density at radius 2 is 1.56 bits per heavy atom. The van der Waals surface area contributed by atoms with Gasteiger partial charge in [0, 0.05) is 16.9 Å². The summed E-state index contributed by atoms with van der Waals surface area (Å²) in [5.74, 6) is 0.138. The maximum atomic E-state index is 11.9. The highest BCUT2D eigenvalue weighted by atomic mass is 32.1. The molecule has 0 saturated heterocycles. The first-order valence-electron chi connectivity index (χ1n) is 5.12. The van der Waals surface area contributed by atoms with Crippen molar-refractivity contribution in [3.05, 3.63) is 65.7 Å². The average Bonchev–Trinajstić information content (AvgIpc) is 2.31. The fraction of sp³-hybridized carbons (Fsp3) is 0.0714. The molecule has 0 aromatic heterocycles. The Balaban J connectivity index is 2.12. The molecule has 0 fully saturated rings. The van der Waals surface area contributed by atoms with Gasteiger partial charge in [-0.3, -0.25) is 4.79 Å². The Labute approximate surface area is 101 Å². The number of ketones is 1. The lowest BCUT2D eigenvalue weighted by atomic mass is 10.0. The topological polar surface area (TPSA) is 17.1 Å². The van der Waals surface area contributed by atoms with E-state index in [4.69, 9.17) is 0 Å². The maximum Gasteiger partial charge on any atom is 0.167 e. The van der Waals surface area contributed by atoms with E-state index in [1.807, 2.05) is 54.6 Å². The normalized spacial score (nSPS) is 10.1. The molecule has 1 nitrogen and oxygen atoms in total. The van der Waals surface area contributed by atoms with Crippen LogP contribution in [-0.4, -0.2) is 5.78 Å². The zero-order valence-corrected chi connectivity index (χ0v) is 9.65. The Kier molecular flexibility index (Phi) is 3.42. The van der Waals surface area contributed by atoms with E-state index < -0.39 is 0 Å². The highest BCUT2D eigenvalue weighted by Gasteiger charge is 2.05. The van der Waals surface area contributed by atoms with Gasteiger partial charge in [0.25, 0.3) is 0 Å². The van der Waals surface area contributed by atoms with Crippen molar-refractivity contribution in [1.29, 1.82) is 0 Å². The van der Waals surface area contributed by atoms with Gasteiger partial charge in [0.15, 0.2) is 5.78 Å². The third-order valence-electron chi connectivity index (χ3n) is 2.40. The van der Waals surface area contributed by atoms with Crippen LogP contribution in [0.3, 0.4) is 0 Å². The van der Waals surface area contributed by atoms with E-state index in [1.54, 1.807) is 0 Å². The van der Waals surface area contributed by atoms with Gasteiger partial charge in [0.1, 0.15) is 0 Å². The molecule has 0 heterocycles. The van der Waals surface area contributed by atoms with Crippen LogP contribution in [0.15, 0.2) is 59.5 Å². The smallest absolute Gasteiger partial charge is 0.167 e. The monoisotopic (exact) mass is 228 g/mol. The summed E-state index contributed by atoms with van der Waals surface area (Å²) in [5.41, 5.74) is 1.78. The second-order valence-electron chi connectivity index (χ2n) is 3.63. The van der Waals surface area contributed by atoms with Crippen molar-refractivity contribution in [3.63, 3.8) is 0 Å². The van der Waals surface area contributed by atoms with Crippen LogP contribution in [0.5, 0.6) is 0 Å². The zero-order chi connectivity index (χ0) is 11.4. The van der Waals surface area contributed by atoms with Gasteiger partial charge in [-0.25, -0.2) is 0 Å². The van der Waals surface area contributed by atoms with E-state index in [2.05, 4.69) is 12.6 Å². The van der Waals surface area contributed by atoms with Gasteiger partial charge in [0.2, 0.25) is 0 Å². The summed E-state index contributed by atoms with van der Waals surface area (Å²) >= 11 is 4.19. The molecule has 0 radical (unpaired) electrons. The van der Waals surface area contributed by atoms with E-state index in [0.29, 0.717) is 6.42 Å². The molecule has 0 saturated carbocycles. The number of hydrogen-bond acceptors (Lipinski definition) is 2. The molecule has 16 heavy (non-hydrogen) atoms. The predicted octanol–water partition coefficient (Wildman–Crippen LogP) is 3.40.